The number of fused-ring (bicyclic) bond motifs is 1. The average Bonchev–Trinajstić information content (AvgIpc) is 3.13. The summed E-state index contributed by atoms with van der Waals surface area (Å²) in [7, 11) is 0. The van der Waals surface area contributed by atoms with Crippen LogP contribution in [0.25, 0.3) is 10.9 Å². The maximum atomic E-state index is 12.3. The van der Waals surface area contributed by atoms with Crippen LogP contribution in [-0.4, -0.2) is 21.6 Å². The number of aryl methyl sites for hydroxylation is 1. The lowest BCUT2D eigenvalue weighted by atomic mass is 10.1. The Bertz CT molecular complexity index is 1310. The Morgan fingerprint density at radius 1 is 1.06 bits per heavy atom. The summed E-state index contributed by atoms with van der Waals surface area (Å²) in [5, 5.41) is 16.2. The lowest BCUT2D eigenvalue weighted by molar-refractivity contribution is -0.385. The van der Waals surface area contributed by atoms with Crippen molar-refractivity contribution in [3.8, 4) is 0 Å². The summed E-state index contributed by atoms with van der Waals surface area (Å²) < 4.78 is 2.15. The largest absolute Gasteiger partial charge is 0.342 e. The van der Waals surface area contributed by atoms with Gasteiger partial charge in [0.15, 0.2) is 0 Å². The zero-order valence-electron chi connectivity index (χ0n) is 17.6. The number of nitro groups is 1. The molecule has 0 saturated carbocycles. The maximum Gasteiger partial charge on any atom is 0.273 e. The van der Waals surface area contributed by atoms with Crippen LogP contribution in [0.5, 0.6) is 0 Å². The Morgan fingerprint density at radius 2 is 1.78 bits per heavy atom. The van der Waals surface area contributed by atoms with Gasteiger partial charge in [0.2, 0.25) is 5.91 Å². The molecule has 1 aromatic heterocycles. The lowest BCUT2D eigenvalue weighted by Gasteiger charge is -2.06. The van der Waals surface area contributed by atoms with Crippen LogP contribution in [0.3, 0.4) is 0 Å². The smallest absolute Gasteiger partial charge is 0.273 e. The van der Waals surface area contributed by atoms with E-state index in [1.807, 2.05) is 30.5 Å². The zero-order chi connectivity index (χ0) is 22.5. The van der Waals surface area contributed by atoms with Gasteiger partial charge in [-0.25, -0.2) is 5.43 Å². The van der Waals surface area contributed by atoms with Crippen LogP contribution < -0.4 is 5.43 Å². The number of para-hydroxylation sites is 2. The first-order valence-corrected chi connectivity index (χ1v) is 10.2. The molecule has 0 aliphatic carbocycles. The summed E-state index contributed by atoms with van der Waals surface area (Å²) in [6.07, 6.45) is 3.48. The number of nitrogens with one attached hydrogen (secondary N) is 1. The number of carbonyl (C=O) groups is 1. The van der Waals surface area contributed by atoms with Crippen LogP contribution in [0.4, 0.5) is 5.69 Å². The molecule has 0 bridgehead atoms. The van der Waals surface area contributed by atoms with Crippen molar-refractivity contribution in [2.24, 2.45) is 5.10 Å². The molecule has 0 aliphatic heterocycles. The van der Waals surface area contributed by atoms with Gasteiger partial charge in [-0.05, 0) is 18.6 Å². The Morgan fingerprint density at radius 3 is 2.56 bits per heavy atom. The van der Waals surface area contributed by atoms with E-state index in [1.54, 1.807) is 24.4 Å². The van der Waals surface area contributed by atoms with Crippen molar-refractivity contribution in [3.63, 3.8) is 0 Å². The quantitative estimate of drug-likeness (QED) is 0.266. The highest BCUT2D eigenvalue weighted by Gasteiger charge is 2.15. The van der Waals surface area contributed by atoms with Gasteiger partial charge in [-0.1, -0.05) is 66.2 Å². The molecule has 0 atom stereocenters. The van der Waals surface area contributed by atoms with E-state index in [2.05, 4.69) is 46.3 Å². The summed E-state index contributed by atoms with van der Waals surface area (Å²) in [6.45, 7) is 2.78. The van der Waals surface area contributed by atoms with E-state index in [9.17, 15) is 14.9 Å². The summed E-state index contributed by atoms with van der Waals surface area (Å²) in [5.41, 5.74) is 7.10. The van der Waals surface area contributed by atoms with E-state index in [0.29, 0.717) is 5.56 Å². The lowest BCUT2D eigenvalue weighted by Crippen LogP contribution is -2.20. The molecule has 4 aromatic rings. The van der Waals surface area contributed by atoms with Crippen molar-refractivity contribution in [2.45, 2.75) is 19.9 Å². The van der Waals surface area contributed by atoms with E-state index < -0.39 is 10.8 Å². The number of rotatable bonds is 7. The number of aromatic nitrogens is 1. The standard InChI is InChI=1S/C25H22N4O3/c1-18-10-12-19(13-11-18)16-28-17-21(22-7-3-5-9-24(22)28)15-26-27-25(30)14-20-6-2-4-8-23(20)29(31)32/h2-13,15,17H,14,16H2,1H3,(H,27,30)/b26-15+. The highest BCUT2D eigenvalue weighted by Crippen LogP contribution is 2.22. The van der Waals surface area contributed by atoms with Crippen LogP contribution in [-0.2, 0) is 17.8 Å². The van der Waals surface area contributed by atoms with Crippen LogP contribution in [0, 0.1) is 17.0 Å². The number of hydrogen-bond donors (Lipinski definition) is 1. The van der Waals surface area contributed by atoms with Gasteiger partial charge in [-0.2, -0.15) is 5.10 Å². The van der Waals surface area contributed by atoms with E-state index in [-0.39, 0.29) is 12.1 Å². The topological polar surface area (TPSA) is 89.5 Å². The van der Waals surface area contributed by atoms with Crippen molar-refractivity contribution < 1.29 is 9.72 Å². The van der Waals surface area contributed by atoms with Gasteiger partial charge in [0.25, 0.3) is 5.69 Å². The van der Waals surface area contributed by atoms with E-state index in [0.717, 1.165) is 23.0 Å². The Hall–Kier alpha value is -4.26. The maximum absolute atomic E-state index is 12.3. The highest BCUT2D eigenvalue weighted by atomic mass is 16.6. The minimum atomic E-state index is -0.491. The van der Waals surface area contributed by atoms with Gasteiger partial charge >= 0.3 is 0 Å². The third-order valence-corrected chi connectivity index (χ3v) is 5.23. The monoisotopic (exact) mass is 426 g/mol. The molecule has 1 heterocycles. The van der Waals surface area contributed by atoms with Gasteiger partial charge in [0.1, 0.15) is 0 Å². The molecule has 0 spiro atoms. The summed E-state index contributed by atoms with van der Waals surface area (Å²) in [5.74, 6) is -0.418. The molecule has 1 amide bonds. The fourth-order valence-electron chi connectivity index (χ4n) is 3.62. The molecular formula is C25H22N4O3. The van der Waals surface area contributed by atoms with Crippen molar-refractivity contribution in [1.29, 1.82) is 0 Å². The van der Waals surface area contributed by atoms with Crippen molar-refractivity contribution in [1.82, 2.24) is 9.99 Å². The second kappa shape index (κ2) is 9.26. The molecule has 0 radical (unpaired) electrons. The number of benzene rings is 3. The van der Waals surface area contributed by atoms with Gasteiger partial charge in [-0.15, -0.1) is 0 Å². The Balaban J connectivity index is 1.50. The van der Waals surface area contributed by atoms with Gasteiger partial charge in [0, 0.05) is 40.8 Å². The van der Waals surface area contributed by atoms with Crippen LogP contribution >= 0.6 is 0 Å². The van der Waals surface area contributed by atoms with E-state index >= 15 is 0 Å². The molecule has 4 rings (SSSR count). The van der Waals surface area contributed by atoms with Gasteiger partial charge in [-0.3, -0.25) is 14.9 Å². The molecular weight excluding hydrogens is 404 g/mol. The number of carbonyl (C=O) groups excluding carboxylic acids is 1. The first-order chi connectivity index (χ1) is 15.5. The highest BCUT2D eigenvalue weighted by molar-refractivity contribution is 5.99. The molecule has 1 N–H and O–H groups in total. The number of hydrogen-bond acceptors (Lipinski definition) is 4. The van der Waals surface area contributed by atoms with E-state index in [1.165, 1.54) is 17.2 Å². The number of amides is 1. The predicted octanol–water partition coefficient (Wildman–Crippen LogP) is 4.60. The second-order valence-electron chi connectivity index (χ2n) is 7.57. The average molecular weight is 426 g/mol. The first-order valence-electron chi connectivity index (χ1n) is 10.2. The summed E-state index contributed by atoms with van der Waals surface area (Å²) in [4.78, 5) is 22.9. The SMILES string of the molecule is Cc1ccc(Cn2cc(/C=N/NC(=O)Cc3ccccc3[N+](=O)[O-])c3ccccc32)cc1. The molecule has 0 saturated heterocycles. The van der Waals surface area contributed by atoms with Crippen LogP contribution in [0.15, 0.2) is 84.1 Å². The van der Waals surface area contributed by atoms with Gasteiger partial charge < -0.3 is 4.57 Å². The molecule has 0 aliphatic rings. The molecule has 0 fully saturated rings. The minimum Gasteiger partial charge on any atom is -0.342 e. The minimum absolute atomic E-state index is 0.0780. The predicted molar refractivity (Wildman–Crippen MR) is 125 cm³/mol. The van der Waals surface area contributed by atoms with Crippen LogP contribution in [0.1, 0.15) is 22.3 Å². The normalized spacial score (nSPS) is 11.2. The van der Waals surface area contributed by atoms with Gasteiger partial charge in [0.05, 0.1) is 17.6 Å². The molecule has 3 aromatic carbocycles. The zero-order valence-corrected chi connectivity index (χ0v) is 17.6. The Labute approximate surface area is 185 Å². The fourth-order valence-corrected chi connectivity index (χ4v) is 3.62. The summed E-state index contributed by atoms with van der Waals surface area (Å²) in [6, 6.07) is 22.6. The molecule has 0 unspecified atom stereocenters. The molecule has 32 heavy (non-hydrogen) atoms. The Kier molecular flexibility index (Phi) is 6.07. The fraction of sp³-hybridized carbons (Fsp3) is 0.120. The van der Waals surface area contributed by atoms with Crippen molar-refractivity contribution in [2.75, 3.05) is 0 Å². The summed E-state index contributed by atoms with van der Waals surface area (Å²) >= 11 is 0. The molecule has 7 nitrogen and oxygen atoms in total. The third kappa shape index (κ3) is 4.73. The van der Waals surface area contributed by atoms with Crippen molar-refractivity contribution in [3.05, 3.63) is 111 Å². The second-order valence-corrected chi connectivity index (χ2v) is 7.57. The van der Waals surface area contributed by atoms with Crippen LogP contribution in [0.2, 0.25) is 0 Å². The molecule has 7 heteroatoms. The molecule has 160 valence electrons. The number of nitrogens with zero attached hydrogens (tertiary/aromatic N) is 3. The first kappa shape index (κ1) is 21.0. The third-order valence-electron chi connectivity index (χ3n) is 5.23. The van der Waals surface area contributed by atoms with Crippen molar-refractivity contribution >= 4 is 28.7 Å². The number of nitro benzene ring substituents is 1. The van der Waals surface area contributed by atoms with E-state index in [4.69, 9.17) is 0 Å². The number of hydrazone groups is 1.